The zero-order valence-corrected chi connectivity index (χ0v) is 22.6. The van der Waals surface area contributed by atoms with E-state index in [1.807, 2.05) is 61.5 Å². The number of alkyl halides is 3. The van der Waals surface area contributed by atoms with Crippen LogP contribution >= 0.6 is 0 Å². The molecule has 4 aromatic rings. The van der Waals surface area contributed by atoms with Crippen molar-refractivity contribution in [3.05, 3.63) is 119 Å². The van der Waals surface area contributed by atoms with E-state index in [0.29, 0.717) is 27.9 Å². The molecule has 1 heterocycles. The molecule has 1 N–H and O–H groups in total. The van der Waals surface area contributed by atoms with Crippen molar-refractivity contribution >= 4 is 17.3 Å². The maximum Gasteiger partial charge on any atom is 0.416 e. The quantitative estimate of drug-likeness (QED) is 0.276. The van der Waals surface area contributed by atoms with Crippen LogP contribution in [0.1, 0.15) is 32.6 Å². The van der Waals surface area contributed by atoms with Crippen molar-refractivity contribution in [2.75, 3.05) is 36.4 Å². The number of aryl methyl sites for hydroxylation is 1. The number of anilines is 2. The Morgan fingerprint density at radius 2 is 1.61 bits per heavy atom. The van der Waals surface area contributed by atoms with Crippen LogP contribution < -0.4 is 10.2 Å². The van der Waals surface area contributed by atoms with Gasteiger partial charge in [0.1, 0.15) is 0 Å². The molecule has 0 spiro atoms. The summed E-state index contributed by atoms with van der Waals surface area (Å²) < 4.78 is 39.0. The molecular formula is C33H29F3N4O. The molecule has 208 valence electrons. The van der Waals surface area contributed by atoms with E-state index >= 15 is 0 Å². The molecule has 0 atom stereocenters. The van der Waals surface area contributed by atoms with Gasteiger partial charge in [-0.2, -0.15) is 18.4 Å². The summed E-state index contributed by atoms with van der Waals surface area (Å²) >= 11 is 0. The predicted octanol–water partition coefficient (Wildman–Crippen LogP) is 7.13. The van der Waals surface area contributed by atoms with Gasteiger partial charge < -0.3 is 10.2 Å². The maximum atomic E-state index is 13.3. The third-order valence-corrected chi connectivity index (χ3v) is 7.27. The normalized spacial score (nSPS) is 14.0. The SMILES string of the molecule is Cc1ccc(-c2ccc(C(F)(F)F)cc2)c(C(=O)Nc2ccc(N3CCN(Cc4cccc(C#N)c4)CC3)cc2)c1. The van der Waals surface area contributed by atoms with Gasteiger partial charge in [0.15, 0.2) is 0 Å². The van der Waals surface area contributed by atoms with Gasteiger partial charge >= 0.3 is 6.18 Å². The molecule has 4 aromatic carbocycles. The first-order valence-corrected chi connectivity index (χ1v) is 13.4. The molecule has 0 saturated carbocycles. The van der Waals surface area contributed by atoms with Crippen LogP contribution in [0.5, 0.6) is 0 Å². The largest absolute Gasteiger partial charge is 0.416 e. The van der Waals surface area contributed by atoms with E-state index in [9.17, 15) is 18.0 Å². The summed E-state index contributed by atoms with van der Waals surface area (Å²) in [6.07, 6.45) is -4.42. The Bertz CT molecular complexity index is 1570. The molecule has 1 amide bonds. The van der Waals surface area contributed by atoms with Crippen LogP contribution in [0.2, 0.25) is 0 Å². The Labute approximate surface area is 237 Å². The summed E-state index contributed by atoms with van der Waals surface area (Å²) in [5, 5.41) is 12.1. The number of amides is 1. The lowest BCUT2D eigenvalue weighted by Crippen LogP contribution is -2.45. The number of nitriles is 1. The van der Waals surface area contributed by atoms with Gasteiger partial charge in [-0.1, -0.05) is 42.0 Å². The van der Waals surface area contributed by atoms with Crippen LogP contribution in [0, 0.1) is 18.3 Å². The van der Waals surface area contributed by atoms with Crippen molar-refractivity contribution in [3.8, 4) is 17.2 Å². The van der Waals surface area contributed by atoms with Gasteiger partial charge in [-0.05, 0) is 78.2 Å². The lowest BCUT2D eigenvalue weighted by Gasteiger charge is -2.36. The molecule has 1 saturated heterocycles. The number of carbonyl (C=O) groups excluding carboxylic acids is 1. The van der Waals surface area contributed by atoms with Crippen LogP contribution in [-0.4, -0.2) is 37.0 Å². The standard InChI is InChI=1S/C33H29F3N4O/c1-23-5-14-30(26-6-8-27(9-7-26)33(34,35)36)31(19-23)32(41)38-28-10-12-29(13-11-28)40-17-15-39(16-18-40)22-25-4-2-3-24(20-25)21-37/h2-14,19-20H,15-18,22H2,1H3,(H,38,41). The fourth-order valence-electron chi connectivity index (χ4n) is 5.05. The Morgan fingerprint density at radius 3 is 2.27 bits per heavy atom. The number of hydrogen-bond donors (Lipinski definition) is 1. The fourth-order valence-corrected chi connectivity index (χ4v) is 5.05. The first-order chi connectivity index (χ1) is 19.7. The smallest absolute Gasteiger partial charge is 0.369 e. The number of benzene rings is 4. The van der Waals surface area contributed by atoms with Crippen molar-refractivity contribution in [3.63, 3.8) is 0 Å². The maximum absolute atomic E-state index is 13.3. The average molecular weight is 555 g/mol. The topological polar surface area (TPSA) is 59.4 Å². The van der Waals surface area contributed by atoms with Gasteiger partial charge in [-0.25, -0.2) is 0 Å². The molecule has 41 heavy (non-hydrogen) atoms. The highest BCUT2D eigenvalue weighted by Crippen LogP contribution is 2.32. The van der Waals surface area contributed by atoms with Crippen LogP contribution in [0.25, 0.3) is 11.1 Å². The van der Waals surface area contributed by atoms with Gasteiger partial charge in [-0.3, -0.25) is 9.69 Å². The molecule has 1 aliphatic heterocycles. The number of piperazine rings is 1. The van der Waals surface area contributed by atoms with E-state index in [-0.39, 0.29) is 5.91 Å². The third-order valence-electron chi connectivity index (χ3n) is 7.27. The Kier molecular flexibility index (Phi) is 8.09. The van der Waals surface area contributed by atoms with Gasteiger partial charge in [0.05, 0.1) is 17.2 Å². The van der Waals surface area contributed by atoms with Crippen molar-refractivity contribution in [2.24, 2.45) is 0 Å². The van der Waals surface area contributed by atoms with Crippen LogP contribution in [0.15, 0.2) is 91.0 Å². The monoisotopic (exact) mass is 554 g/mol. The molecule has 8 heteroatoms. The van der Waals surface area contributed by atoms with Crippen molar-refractivity contribution in [1.29, 1.82) is 5.26 Å². The lowest BCUT2D eigenvalue weighted by molar-refractivity contribution is -0.137. The zero-order chi connectivity index (χ0) is 29.0. The van der Waals surface area contributed by atoms with Crippen LogP contribution in [-0.2, 0) is 12.7 Å². The Balaban J connectivity index is 1.22. The first kappa shape index (κ1) is 27.9. The highest BCUT2D eigenvalue weighted by Gasteiger charge is 2.30. The van der Waals surface area contributed by atoms with Crippen molar-refractivity contribution in [2.45, 2.75) is 19.6 Å². The molecule has 0 unspecified atom stereocenters. The van der Waals surface area contributed by atoms with Crippen LogP contribution in [0.3, 0.4) is 0 Å². The summed E-state index contributed by atoms with van der Waals surface area (Å²) in [5.41, 5.74) is 5.14. The van der Waals surface area contributed by atoms with Gasteiger partial charge in [0, 0.05) is 49.7 Å². The van der Waals surface area contributed by atoms with E-state index in [4.69, 9.17) is 5.26 Å². The molecular weight excluding hydrogens is 525 g/mol. The molecule has 1 aliphatic rings. The Hall–Kier alpha value is -4.61. The van der Waals surface area contributed by atoms with E-state index in [1.54, 1.807) is 12.1 Å². The summed E-state index contributed by atoms with van der Waals surface area (Å²) in [6.45, 7) is 6.20. The number of nitrogens with one attached hydrogen (secondary N) is 1. The molecule has 5 rings (SSSR count). The second kappa shape index (κ2) is 11.9. The van der Waals surface area contributed by atoms with E-state index in [0.717, 1.165) is 61.7 Å². The number of halogens is 3. The molecule has 0 aliphatic carbocycles. The van der Waals surface area contributed by atoms with Crippen molar-refractivity contribution < 1.29 is 18.0 Å². The second-order valence-corrected chi connectivity index (χ2v) is 10.2. The summed E-state index contributed by atoms with van der Waals surface area (Å²) in [6, 6.07) is 27.8. The number of rotatable bonds is 6. The van der Waals surface area contributed by atoms with E-state index in [2.05, 4.69) is 21.2 Å². The number of hydrogen-bond acceptors (Lipinski definition) is 4. The molecule has 0 aromatic heterocycles. The zero-order valence-electron chi connectivity index (χ0n) is 22.6. The Morgan fingerprint density at radius 1 is 0.902 bits per heavy atom. The summed E-state index contributed by atoms with van der Waals surface area (Å²) in [4.78, 5) is 18.0. The molecule has 0 radical (unpaired) electrons. The highest BCUT2D eigenvalue weighted by molar-refractivity contribution is 6.09. The summed E-state index contributed by atoms with van der Waals surface area (Å²) in [5.74, 6) is -0.328. The average Bonchev–Trinajstić information content (AvgIpc) is 2.98. The van der Waals surface area contributed by atoms with Gasteiger partial charge in [-0.15, -0.1) is 0 Å². The van der Waals surface area contributed by atoms with Crippen LogP contribution in [0.4, 0.5) is 24.5 Å². The van der Waals surface area contributed by atoms with Gasteiger partial charge in [0.25, 0.3) is 5.91 Å². The number of nitrogens with zero attached hydrogens (tertiary/aromatic N) is 3. The summed E-state index contributed by atoms with van der Waals surface area (Å²) in [7, 11) is 0. The molecule has 0 bridgehead atoms. The predicted molar refractivity (Wildman–Crippen MR) is 155 cm³/mol. The fraction of sp³-hybridized carbons (Fsp3) is 0.212. The van der Waals surface area contributed by atoms with Crippen molar-refractivity contribution in [1.82, 2.24) is 4.90 Å². The van der Waals surface area contributed by atoms with Gasteiger partial charge in [0.2, 0.25) is 0 Å². The number of carbonyl (C=O) groups is 1. The molecule has 5 nitrogen and oxygen atoms in total. The minimum absolute atomic E-state index is 0.328. The lowest BCUT2D eigenvalue weighted by atomic mass is 9.96. The minimum atomic E-state index is -4.42. The van der Waals surface area contributed by atoms with E-state index < -0.39 is 11.7 Å². The second-order valence-electron chi connectivity index (χ2n) is 10.2. The third kappa shape index (κ3) is 6.76. The molecule has 1 fully saturated rings. The minimum Gasteiger partial charge on any atom is -0.369 e. The first-order valence-electron chi connectivity index (χ1n) is 13.4. The van der Waals surface area contributed by atoms with E-state index in [1.165, 1.54) is 12.1 Å². The highest BCUT2D eigenvalue weighted by atomic mass is 19.4.